The van der Waals surface area contributed by atoms with Crippen molar-refractivity contribution in [3.63, 3.8) is 0 Å². The number of fused-ring (bicyclic) bond motifs is 7. The molecule has 0 saturated heterocycles. The normalized spacial score (nSPS) is 11.9. The zero-order valence-electron chi connectivity index (χ0n) is 14.5. The van der Waals surface area contributed by atoms with Crippen LogP contribution in [0.15, 0.2) is 72.9 Å². The van der Waals surface area contributed by atoms with Gasteiger partial charge in [-0.05, 0) is 16.8 Å². The molecule has 0 aliphatic heterocycles. The topological polar surface area (TPSA) is 44.5 Å². The summed E-state index contributed by atoms with van der Waals surface area (Å²) in [5, 5.41) is 5.78. The molecular formula is C23H14BN3. The largest absolute Gasteiger partial charge is 0.360 e. The molecule has 0 amide bonds. The number of rotatable bonds is 1. The number of nitrogens with one attached hydrogen (secondary N) is 2. The van der Waals surface area contributed by atoms with Gasteiger partial charge in [-0.3, -0.25) is 0 Å². The average molecular weight is 343 g/mol. The summed E-state index contributed by atoms with van der Waals surface area (Å²) in [6.07, 6.45) is 2.02. The van der Waals surface area contributed by atoms with Crippen LogP contribution in [-0.4, -0.2) is 22.8 Å². The molecule has 6 aromatic rings. The molecule has 0 bridgehead atoms. The Kier molecular flexibility index (Phi) is 2.84. The first-order valence-electron chi connectivity index (χ1n) is 8.96. The van der Waals surface area contributed by atoms with Crippen LogP contribution in [0.25, 0.3) is 54.9 Å². The lowest BCUT2D eigenvalue weighted by Crippen LogP contribution is -2.00. The fraction of sp³-hybridized carbons (Fsp3) is 0. The van der Waals surface area contributed by atoms with Gasteiger partial charge < -0.3 is 9.97 Å². The Balaban J connectivity index is 1.78. The third-order valence-electron chi connectivity index (χ3n) is 5.33. The Morgan fingerprint density at radius 1 is 0.741 bits per heavy atom. The highest BCUT2D eigenvalue weighted by Gasteiger charge is 2.15. The highest BCUT2D eigenvalue weighted by Crippen LogP contribution is 2.36. The lowest BCUT2D eigenvalue weighted by Gasteiger charge is -2.06. The van der Waals surface area contributed by atoms with E-state index in [1.54, 1.807) is 0 Å². The molecule has 2 radical (unpaired) electrons. The predicted octanol–water partition coefficient (Wildman–Crippen LogP) is 4.81. The van der Waals surface area contributed by atoms with Gasteiger partial charge in [-0.15, -0.1) is 0 Å². The smallest absolute Gasteiger partial charge is 0.140 e. The number of para-hydroxylation sites is 1. The van der Waals surface area contributed by atoms with Crippen LogP contribution in [0.1, 0.15) is 0 Å². The van der Waals surface area contributed by atoms with Gasteiger partial charge in [-0.2, -0.15) is 0 Å². The first kappa shape index (κ1) is 14.6. The van der Waals surface area contributed by atoms with Crippen LogP contribution in [0, 0.1) is 0 Å². The third kappa shape index (κ3) is 2.01. The molecule has 0 saturated carbocycles. The maximum atomic E-state index is 6.09. The number of aromatic amines is 2. The van der Waals surface area contributed by atoms with Crippen molar-refractivity contribution in [3.05, 3.63) is 72.9 Å². The first-order chi connectivity index (χ1) is 13.3. The van der Waals surface area contributed by atoms with Crippen LogP contribution < -0.4 is 5.46 Å². The average Bonchev–Trinajstić information content (AvgIpc) is 3.32. The minimum absolute atomic E-state index is 0.746. The molecule has 2 heterocycles. The van der Waals surface area contributed by atoms with E-state index in [0.29, 0.717) is 0 Å². The second kappa shape index (κ2) is 5.24. The quantitative estimate of drug-likeness (QED) is 0.327. The second-order valence-corrected chi connectivity index (χ2v) is 6.91. The van der Waals surface area contributed by atoms with Gasteiger partial charge in [0.1, 0.15) is 13.7 Å². The van der Waals surface area contributed by atoms with E-state index in [1.807, 2.05) is 30.5 Å². The van der Waals surface area contributed by atoms with E-state index in [2.05, 4.69) is 52.4 Å². The minimum atomic E-state index is 0.746. The zero-order valence-corrected chi connectivity index (χ0v) is 14.5. The summed E-state index contributed by atoms with van der Waals surface area (Å²) >= 11 is 0. The first-order valence-corrected chi connectivity index (χ1v) is 8.96. The predicted molar refractivity (Wildman–Crippen MR) is 114 cm³/mol. The van der Waals surface area contributed by atoms with Crippen LogP contribution in [0.3, 0.4) is 0 Å². The SMILES string of the molecule is [B]c1ccc2c3ccccc3c3[nH]c(-c4c[nH]c5ccccc45)nc3c2c1. The summed E-state index contributed by atoms with van der Waals surface area (Å²) < 4.78 is 0. The Morgan fingerprint density at radius 3 is 2.37 bits per heavy atom. The molecule has 0 aliphatic carbocycles. The molecule has 6 rings (SSSR count). The number of H-pyrrole nitrogens is 2. The highest BCUT2D eigenvalue weighted by atomic mass is 14.9. The molecule has 0 spiro atoms. The van der Waals surface area contributed by atoms with E-state index in [0.717, 1.165) is 44.2 Å². The van der Waals surface area contributed by atoms with E-state index >= 15 is 0 Å². The Labute approximate surface area is 156 Å². The van der Waals surface area contributed by atoms with Crippen LogP contribution in [0.5, 0.6) is 0 Å². The summed E-state index contributed by atoms with van der Waals surface area (Å²) in [6, 6.07) is 22.8. The minimum Gasteiger partial charge on any atom is -0.360 e. The fourth-order valence-corrected chi connectivity index (χ4v) is 4.09. The van der Waals surface area contributed by atoms with Crippen molar-refractivity contribution in [1.82, 2.24) is 15.0 Å². The van der Waals surface area contributed by atoms with Crippen LogP contribution in [-0.2, 0) is 0 Å². The molecule has 0 fully saturated rings. The number of nitrogens with zero attached hydrogens (tertiary/aromatic N) is 1. The third-order valence-corrected chi connectivity index (χ3v) is 5.33. The van der Waals surface area contributed by atoms with Crippen LogP contribution in [0.4, 0.5) is 0 Å². The van der Waals surface area contributed by atoms with E-state index in [1.165, 1.54) is 16.2 Å². The monoisotopic (exact) mass is 343 g/mol. The van der Waals surface area contributed by atoms with Crippen molar-refractivity contribution >= 4 is 56.8 Å². The zero-order chi connectivity index (χ0) is 18.0. The molecule has 124 valence electrons. The molecule has 0 aliphatic rings. The summed E-state index contributed by atoms with van der Waals surface area (Å²) in [5.41, 5.74) is 4.92. The van der Waals surface area contributed by atoms with Crippen LogP contribution in [0.2, 0.25) is 0 Å². The maximum absolute atomic E-state index is 6.09. The summed E-state index contributed by atoms with van der Waals surface area (Å²) in [5.74, 6) is 0.863. The summed E-state index contributed by atoms with van der Waals surface area (Å²) in [4.78, 5) is 11.9. The van der Waals surface area contributed by atoms with Gasteiger partial charge in [-0.25, -0.2) is 4.98 Å². The van der Waals surface area contributed by atoms with Crippen molar-refractivity contribution in [2.75, 3.05) is 0 Å². The lowest BCUT2D eigenvalue weighted by atomic mass is 9.91. The summed E-state index contributed by atoms with van der Waals surface area (Å²) in [6.45, 7) is 0. The van der Waals surface area contributed by atoms with Crippen molar-refractivity contribution in [2.24, 2.45) is 0 Å². The fourth-order valence-electron chi connectivity index (χ4n) is 4.09. The van der Waals surface area contributed by atoms with E-state index in [9.17, 15) is 0 Å². The maximum Gasteiger partial charge on any atom is 0.140 e. The molecule has 4 aromatic carbocycles. The molecule has 0 unspecified atom stereocenters. The number of hydrogen-bond acceptors (Lipinski definition) is 1. The van der Waals surface area contributed by atoms with Gasteiger partial charge in [-0.1, -0.05) is 66.1 Å². The van der Waals surface area contributed by atoms with Crippen molar-refractivity contribution < 1.29 is 0 Å². The molecule has 2 N–H and O–H groups in total. The van der Waals surface area contributed by atoms with Gasteiger partial charge in [0.05, 0.1) is 11.0 Å². The number of benzene rings is 4. The van der Waals surface area contributed by atoms with Gasteiger partial charge >= 0.3 is 0 Å². The summed E-state index contributed by atoms with van der Waals surface area (Å²) in [7, 11) is 6.09. The standard InChI is InChI=1S/C23H14BN3/c24-13-9-10-15-14-5-1-2-7-17(14)21-22(18(15)11-13)27-23(26-21)19-12-25-20-8-4-3-6-16(19)20/h1-12,25H,(H,26,27). The Morgan fingerprint density at radius 2 is 1.48 bits per heavy atom. The van der Waals surface area contributed by atoms with Crippen molar-refractivity contribution in [2.45, 2.75) is 0 Å². The number of aromatic nitrogens is 3. The van der Waals surface area contributed by atoms with Gasteiger partial charge in [0.2, 0.25) is 0 Å². The van der Waals surface area contributed by atoms with Gasteiger partial charge in [0.25, 0.3) is 0 Å². The molecule has 3 nitrogen and oxygen atoms in total. The van der Waals surface area contributed by atoms with Crippen molar-refractivity contribution in [1.29, 1.82) is 0 Å². The lowest BCUT2D eigenvalue weighted by molar-refractivity contribution is 1.34. The van der Waals surface area contributed by atoms with E-state index < -0.39 is 0 Å². The molecule has 4 heteroatoms. The Hall–Kier alpha value is -3.53. The van der Waals surface area contributed by atoms with Crippen molar-refractivity contribution in [3.8, 4) is 11.4 Å². The molecular weight excluding hydrogens is 329 g/mol. The number of imidazole rings is 1. The Bertz CT molecular complexity index is 1490. The number of hydrogen-bond donors (Lipinski definition) is 2. The van der Waals surface area contributed by atoms with Gasteiger partial charge in [0.15, 0.2) is 0 Å². The molecule has 0 atom stereocenters. The highest BCUT2D eigenvalue weighted by molar-refractivity contribution is 6.35. The van der Waals surface area contributed by atoms with Gasteiger partial charge in [0, 0.05) is 33.4 Å². The van der Waals surface area contributed by atoms with E-state index in [-0.39, 0.29) is 0 Å². The van der Waals surface area contributed by atoms with Crippen LogP contribution >= 0.6 is 0 Å². The second-order valence-electron chi connectivity index (χ2n) is 6.91. The molecule has 27 heavy (non-hydrogen) atoms. The van der Waals surface area contributed by atoms with E-state index in [4.69, 9.17) is 12.8 Å². The molecule has 2 aromatic heterocycles.